The Morgan fingerprint density at radius 1 is 1.10 bits per heavy atom. The van der Waals surface area contributed by atoms with Crippen molar-refractivity contribution in [1.82, 2.24) is 4.98 Å². The highest BCUT2D eigenvalue weighted by Gasteiger charge is 2.06. The molecule has 0 bridgehead atoms. The molecular weight excluding hydrogens is 248 g/mol. The fourth-order valence-electron chi connectivity index (χ4n) is 2.16. The molecule has 0 saturated carbocycles. The first kappa shape index (κ1) is 12.0. The number of aromatic nitrogens is 1. The molecule has 3 aromatic rings. The Morgan fingerprint density at radius 3 is 2.80 bits per heavy atom. The second kappa shape index (κ2) is 4.90. The van der Waals surface area contributed by atoms with Crippen molar-refractivity contribution in [2.24, 2.45) is 0 Å². The number of benzene rings is 2. The Kier molecular flexibility index (Phi) is 2.94. The average Bonchev–Trinajstić information content (AvgIpc) is 2.48. The number of hydrogen-bond acceptors (Lipinski definition) is 4. The highest BCUT2D eigenvalue weighted by molar-refractivity contribution is 6.01. The highest BCUT2D eigenvalue weighted by atomic mass is 15.0. The van der Waals surface area contributed by atoms with Gasteiger partial charge >= 0.3 is 0 Å². The zero-order valence-corrected chi connectivity index (χ0v) is 10.7. The van der Waals surface area contributed by atoms with E-state index in [0.29, 0.717) is 17.1 Å². The monoisotopic (exact) mass is 260 g/mol. The van der Waals surface area contributed by atoms with E-state index in [4.69, 9.17) is 11.0 Å². The van der Waals surface area contributed by atoms with E-state index in [9.17, 15) is 0 Å². The number of nitrogens with one attached hydrogen (secondary N) is 1. The van der Waals surface area contributed by atoms with Crippen molar-refractivity contribution >= 4 is 28.0 Å². The van der Waals surface area contributed by atoms with Crippen LogP contribution in [0.5, 0.6) is 0 Å². The number of nitriles is 1. The summed E-state index contributed by atoms with van der Waals surface area (Å²) >= 11 is 0. The van der Waals surface area contributed by atoms with Gasteiger partial charge in [0.25, 0.3) is 0 Å². The molecule has 0 aliphatic heterocycles. The van der Waals surface area contributed by atoms with Crippen LogP contribution in [-0.4, -0.2) is 4.98 Å². The van der Waals surface area contributed by atoms with Crippen molar-refractivity contribution in [2.75, 3.05) is 11.1 Å². The molecule has 0 atom stereocenters. The maximum atomic E-state index is 8.93. The molecule has 0 fully saturated rings. The van der Waals surface area contributed by atoms with E-state index in [1.807, 2.05) is 36.4 Å². The second-order valence-corrected chi connectivity index (χ2v) is 4.42. The van der Waals surface area contributed by atoms with Gasteiger partial charge in [-0.15, -0.1) is 0 Å². The summed E-state index contributed by atoms with van der Waals surface area (Å²) in [6.07, 6.45) is 1.73. The summed E-state index contributed by atoms with van der Waals surface area (Å²) in [4.78, 5) is 4.34. The molecule has 3 N–H and O–H groups in total. The Labute approximate surface area is 116 Å². The van der Waals surface area contributed by atoms with E-state index in [1.54, 1.807) is 18.3 Å². The van der Waals surface area contributed by atoms with Gasteiger partial charge in [-0.2, -0.15) is 5.26 Å². The number of fused-ring (bicyclic) bond motifs is 1. The van der Waals surface area contributed by atoms with Crippen LogP contribution in [0.2, 0.25) is 0 Å². The zero-order chi connectivity index (χ0) is 13.9. The largest absolute Gasteiger partial charge is 0.398 e. The molecule has 0 aliphatic carbocycles. The van der Waals surface area contributed by atoms with E-state index in [0.717, 1.165) is 16.5 Å². The molecule has 0 spiro atoms. The number of nitrogens with two attached hydrogens (primary N) is 1. The summed E-state index contributed by atoms with van der Waals surface area (Å²) in [5, 5.41) is 14.1. The molecule has 0 radical (unpaired) electrons. The molecule has 0 unspecified atom stereocenters. The van der Waals surface area contributed by atoms with Crippen LogP contribution >= 0.6 is 0 Å². The predicted molar refractivity (Wildman–Crippen MR) is 80.6 cm³/mol. The first-order valence-corrected chi connectivity index (χ1v) is 6.18. The first-order chi connectivity index (χ1) is 9.78. The molecule has 2 aromatic carbocycles. The molecule has 1 aromatic heterocycles. The van der Waals surface area contributed by atoms with Gasteiger partial charge in [-0.3, -0.25) is 0 Å². The standard InChI is InChI=1S/C16H12N4/c17-10-11-3-1-5-13(9-11)20-16-15-12(7-8-19-16)4-2-6-14(15)18/h1-9H,18H2,(H,19,20). The van der Waals surface area contributed by atoms with Crippen molar-refractivity contribution < 1.29 is 0 Å². The summed E-state index contributed by atoms with van der Waals surface area (Å²) in [5.74, 6) is 0.690. The minimum Gasteiger partial charge on any atom is -0.398 e. The van der Waals surface area contributed by atoms with Crippen LogP contribution in [-0.2, 0) is 0 Å². The van der Waals surface area contributed by atoms with Crippen LogP contribution in [0, 0.1) is 11.3 Å². The smallest absolute Gasteiger partial charge is 0.140 e. The van der Waals surface area contributed by atoms with E-state index >= 15 is 0 Å². The van der Waals surface area contributed by atoms with Crippen molar-refractivity contribution in [3.8, 4) is 6.07 Å². The molecule has 1 heterocycles. The average molecular weight is 260 g/mol. The fourth-order valence-corrected chi connectivity index (χ4v) is 2.16. The van der Waals surface area contributed by atoms with Gasteiger partial charge < -0.3 is 11.1 Å². The van der Waals surface area contributed by atoms with E-state index < -0.39 is 0 Å². The second-order valence-electron chi connectivity index (χ2n) is 4.42. The Morgan fingerprint density at radius 2 is 1.95 bits per heavy atom. The number of anilines is 3. The van der Waals surface area contributed by atoms with E-state index in [2.05, 4.69) is 16.4 Å². The molecular formula is C16H12N4. The molecule has 3 rings (SSSR count). The normalized spacial score (nSPS) is 10.2. The molecule has 0 aliphatic rings. The van der Waals surface area contributed by atoms with Gasteiger partial charge in [-0.25, -0.2) is 4.98 Å². The van der Waals surface area contributed by atoms with Crippen molar-refractivity contribution in [3.05, 3.63) is 60.3 Å². The molecule has 96 valence electrons. The summed E-state index contributed by atoms with van der Waals surface area (Å²) in [6.45, 7) is 0. The van der Waals surface area contributed by atoms with Crippen LogP contribution in [0.1, 0.15) is 5.56 Å². The van der Waals surface area contributed by atoms with Gasteiger partial charge in [0.2, 0.25) is 0 Å². The Hall–Kier alpha value is -3.06. The Bertz CT molecular complexity index is 813. The molecule has 0 amide bonds. The SMILES string of the molecule is N#Cc1cccc(Nc2nccc3cccc(N)c23)c1. The number of nitrogens with zero attached hydrogens (tertiary/aromatic N) is 2. The lowest BCUT2D eigenvalue weighted by molar-refractivity contribution is 1.34. The van der Waals surface area contributed by atoms with Crippen LogP contribution < -0.4 is 11.1 Å². The first-order valence-electron chi connectivity index (χ1n) is 6.18. The van der Waals surface area contributed by atoms with Gasteiger partial charge in [0.05, 0.1) is 11.6 Å². The number of rotatable bonds is 2. The highest BCUT2D eigenvalue weighted by Crippen LogP contribution is 2.29. The third-order valence-electron chi connectivity index (χ3n) is 3.08. The molecule has 0 saturated heterocycles. The lowest BCUT2D eigenvalue weighted by Crippen LogP contribution is -1.97. The number of pyridine rings is 1. The van der Waals surface area contributed by atoms with Gasteiger partial charge in [0, 0.05) is 23.0 Å². The molecule has 4 nitrogen and oxygen atoms in total. The lowest BCUT2D eigenvalue weighted by atomic mass is 10.1. The summed E-state index contributed by atoms with van der Waals surface area (Å²) in [5.41, 5.74) is 8.12. The Balaban J connectivity index is 2.09. The lowest BCUT2D eigenvalue weighted by Gasteiger charge is -2.10. The minimum absolute atomic E-state index is 0.600. The summed E-state index contributed by atoms with van der Waals surface area (Å²) in [6, 6.07) is 17.0. The van der Waals surface area contributed by atoms with Crippen LogP contribution in [0.4, 0.5) is 17.2 Å². The topological polar surface area (TPSA) is 74.7 Å². The van der Waals surface area contributed by atoms with Gasteiger partial charge in [0.15, 0.2) is 0 Å². The zero-order valence-electron chi connectivity index (χ0n) is 10.7. The van der Waals surface area contributed by atoms with Crippen LogP contribution in [0.15, 0.2) is 54.7 Å². The third-order valence-corrected chi connectivity index (χ3v) is 3.08. The van der Waals surface area contributed by atoms with Crippen molar-refractivity contribution in [2.45, 2.75) is 0 Å². The van der Waals surface area contributed by atoms with E-state index in [1.165, 1.54) is 0 Å². The number of nitrogen functional groups attached to an aromatic ring is 1. The van der Waals surface area contributed by atoms with Crippen LogP contribution in [0.3, 0.4) is 0 Å². The number of hydrogen-bond donors (Lipinski definition) is 2. The maximum absolute atomic E-state index is 8.93. The van der Waals surface area contributed by atoms with Gasteiger partial charge in [0.1, 0.15) is 5.82 Å². The molecule has 20 heavy (non-hydrogen) atoms. The minimum atomic E-state index is 0.600. The fraction of sp³-hybridized carbons (Fsp3) is 0. The predicted octanol–water partition coefficient (Wildman–Crippen LogP) is 3.43. The van der Waals surface area contributed by atoms with E-state index in [-0.39, 0.29) is 0 Å². The third kappa shape index (κ3) is 2.13. The van der Waals surface area contributed by atoms with Crippen molar-refractivity contribution in [1.29, 1.82) is 5.26 Å². The summed E-state index contributed by atoms with van der Waals surface area (Å²) in [7, 11) is 0. The van der Waals surface area contributed by atoms with Crippen molar-refractivity contribution in [3.63, 3.8) is 0 Å². The quantitative estimate of drug-likeness (QED) is 0.692. The molecule has 4 heteroatoms. The summed E-state index contributed by atoms with van der Waals surface area (Å²) < 4.78 is 0. The van der Waals surface area contributed by atoms with Gasteiger partial charge in [-0.05, 0) is 35.7 Å². The maximum Gasteiger partial charge on any atom is 0.140 e. The van der Waals surface area contributed by atoms with Crippen LogP contribution in [0.25, 0.3) is 10.8 Å². The van der Waals surface area contributed by atoms with Gasteiger partial charge in [-0.1, -0.05) is 18.2 Å².